The van der Waals surface area contributed by atoms with Gasteiger partial charge in [-0.25, -0.2) is 13.9 Å². The molecule has 1 heterocycles. The quantitative estimate of drug-likeness (QED) is 0.902. The summed E-state index contributed by atoms with van der Waals surface area (Å²) in [5.74, 6) is -1.57. The molecule has 0 amide bonds. The highest BCUT2D eigenvalue weighted by Crippen LogP contribution is 2.07. The molecule has 6 heteroatoms. The Morgan fingerprint density at radius 3 is 2.68 bits per heavy atom. The maximum atomic E-state index is 13.4. The standard InChI is InChI=1S/C13H11FN2O3/c14-10-4-2-1-3-9(10)7-8-16-12(17)6-5-11(15-16)13(18)19/h1-6H,7-8H2,(H,18,19). The minimum Gasteiger partial charge on any atom is -0.476 e. The molecule has 0 radical (unpaired) electrons. The van der Waals surface area contributed by atoms with Gasteiger partial charge in [0, 0.05) is 12.6 Å². The number of carboxylic acids is 1. The lowest BCUT2D eigenvalue weighted by Crippen LogP contribution is -2.25. The minimum atomic E-state index is -1.21. The normalized spacial score (nSPS) is 10.4. The van der Waals surface area contributed by atoms with E-state index in [4.69, 9.17) is 5.11 Å². The summed E-state index contributed by atoms with van der Waals surface area (Å²) in [7, 11) is 0. The number of hydrogen-bond donors (Lipinski definition) is 1. The van der Waals surface area contributed by atoms with Crippen molar-refractivity contribution in [3.05, 3.63) is 63.8 Å². The van der Waals surface area contributed by atoms with Gasteiger partial charge in [0.2, 0.25) is 0 Å². The summed E-state index contributed by atoms with van der Waals surface area (Å²) in [6, 6.07) is 8.50. The van der Waals surface area contributed by atoms with Crippen molar-refractivity contribution in [2.75, 3.05) is 0 Å². The summed E-state index contributed by atoms with van der Waals surface area (Å²) in [5, 5.41) is 12.5. The molecule has 5 nitrogen and oxygen atoms in total. The number of benzene rings is 1. The average molecular weight is 262 g/mol. The predicted octanol–water partition coefficient (Wildman–Crippen LogP) is 1.32. The molecule has 1 aromatic heterocycles. The zero-order valence-electron chi connectivity index (χ0n) is 9.91. The second-order valence-corrected chi connectivity index (χ2v) is 3.93. The third-order valence-corrected chi connectivity index (χ3v) is 2.64. The fraction of sp³-hybridized carbons (Fsp3) is 0.154. The van der Waals surface area contributed by atoms with Gasteiger partial charge in [0.05, 0.1) is 0 Å². The third-order valence-electron chi connectivity index (χ3n) is 2.64. The summed E-state index contributed by atoms with van der Waals surface area (Å²) in [6.45, 7) is 0.126. The van der Waals surface area contributed by atoms with Crippen molar-refractivity contribution in [3.8, 4) is 0 Å². The van der Waals surface area contributed by atoms with Crippen LogP contribution in [0.5, 0.6) is 0 Å². The highest BCUT2D eigenvalue weighted by Gasteiger charge is 2.08. The Bertz CT molecular complexity index is 667. The first-order chi connectivity index (χ1) is 9.08. The third kappa shape index (κ3) is 3.04. The number of aromatic carboxylic acids is 1. The van der Waals surface area contributed by atoms with Crippen molar-refractivity contribution in [3.63, 3.8) is 0 Å². The maximum absolute atomic E-state index is 13.4. The smallest absolute Gasteiger partial charge is 0.356 e. The van der Waals surface area contributed by atoms with Crippen molar-refractivity contribution < 1.29 is 14.3 Å². The highest BCUT2D eigenvalue weighted by molar-refractivity contribution is 5.84. The molecule has 98 valence electrons. The summed E-state index contributed by atoms with van der Waals surface area (Å²) >= 11 is 0. The Morgan fingerprint density at radius 1 is 1.26 bits per heavy atom. The van der Waals surface area contributed by atoms with E-state index in [9.17, 15) is 14.0 Å². The molecule has 0 unspecified atom stereocenters. The van der Waals surface area contributed by atoms with E-state index in [0.29, 0.717) is 5.56 Å². The first kappa shape index (κ1) is 12.9. The van der Waals surface area contributed by atoms with Crippen LogP contribution in [-0.2, 0) is 13.0 Å². The highest BCUT2D eigenvalue weighted by atomic mass is 19.1. The molecule has 1 N–H and O–H groups in total. The molecule has 1 aromatic carbocycles. The average Bonchev–Trinajstić information content (AvgIpc) is 2.39. The second kappa shape index (κ2) is 5.43. The SMILES string of the molecule is O=C(O)c1ccc(=O)n(CCc2ccccc2F)n1. The van der Waals surface area contributed by atoms with Crippen LogP contribution < -0.4 is 5.56 Å². The number of carbonyl (C=O) groups is 1. The molecule has 0 spiro atoms. The van der Waals surface area contributed by atoms with Crippen LogP contribution in [0.1, 0.15) is 16.1 Å². The molecule has 2 aromatic rings. The Hall–Kier alpha value is -2.50. The Labute approximate surface area is 107 Å². The second-order valence-electron chi connectivity index (χ2n) is 3.93. The number of aryl methyl sites for hydroxylation is 2. The van der Waals surface area contributed by atoms with Gasteiger partial charge < -0.3 is 5.11 Å². The van der Waals surface area contributed by atoms with E-state index in [0.717, 1.165) is 16.8 Å². The number of halogens is 1. The van der Waals surface area contributed by atoms with Gasteiger partial charge >= 0.3 is 5.97 Å². The zero-order chi connectivity index (χ0) is 13.8. The van der Waals surface area contributed by atoms with Crippen molar-refractivity contribution in [1.82, 2.24) is 9.78 Å². The fourth-order valence-electron chi connectivity index (χ4n) is 1.65. The van der Waals surface area contributed by atoms with Gasteiger partial charge in [0.15, 0.2) is 5.69 Å². The number of carboxylic acid groups (broad SMARTS) is 1. The largest absolute Gasteiger partial charge is 0.476 e. The predicted molar refractivity (Wildman–Crippen MR) is 65.6 cm³/mol. The Balaban J connectivity index is 2.20. The molecule has 0 saturated carbocycles. The molecule has 0 atom stereocenters. The molecule has 2 rings (SSSR count). The van der Waals surface area contributed by atoms with E-state index >= 15 is 0 Å². The Morgan fingerprint density at radius 2 is 2.00 bits per heavy atom. The lowest BCUT2D eigenvalue weighted by Gasteiger charge is -2.06. The number of rotatable bonds is 4. The monoisotopic (exact) mass is 262 g/mol. The van der Waals surface area contributed by atoms with Gasteiger partial charge in [0.25, 0.3) is 5.56 Å². The lowest BCUT2D eigenvalue weighted by molar-refractivity contribution is 0.0687. The van der Waals surface area contributed by atoms with Crippen molar-refractivity contribution in [2.24, 2.45) is 0 Å². The molecular weight excluding hydrogens is 251 g/mol. The number of aromatic nitrogens is 2. The van der Waals surface area contributed by atoms with Crippen LogP contribution in [0.25, 0.3) is 0 Å². The van der Waals surface area contributed by atoms with Crippen LogP contribution in [0.2, 0.25) is 0 Å². The van der Waals surface area contributed by atoms with E-state index < -0.39 is 11.5 Å². The minimum absolute atomic E-state index is 0.126. The van der Waals surface area contributed by atoms with E-state index in [2.05, 4.69) is 5.10 Å². The van der Waals surface area contributed by atoms with Crippen LogP contribution in [0.3, 0.4) is 0 Å². The molecular formula is C13H11FN2O3. The number of hydrogen-bond acceptors (Lipinski definition) is 3. The molecule has 19 heavy (non-hydrogen) atoms. The van der Waals surface area contributed by atoms with Crippen LogP contribution >= 0.6 is 0 Å². The van der Waals surface area contributed by atoms with E-state index in [1.807, 2.05) is 0 Å². The van der Waals surface area contributed by atoms with Gasteiger partial charge in [-0.1, -0.05) is 18.2 Å². The fourth-order valence-corrected chi connectivity index (χ4v) is 1.65. The van der Waals surface area contributed by atoms with Gasteiger partial charge in [-0.05, 0) is 24.1 Å². The number of nitrogens with zero attached hydrogens (tertiary/aromatic N) is 2. The van der Waals surface area contributed by atoms with Crippen molar-refractivity contribution >= 4 is 5.97 Å². The lowest BCUT2D eigenvalue weighted by atomic mass is 10.1. The van der Waals surface area contributed by atoms with Crippen LogP contribution in [-0.4, -0.2) is 20.9 Å². The van der Waals surface area contributed by atoms with Gasteiger partial charge in [-0.15, -0.1) is 0 Å². The van der Waals surface area contributed by atoms with E-state index in [1.54, 1.807) is 18.2 Å². The van der Waals surface area contributed by atoms with Crippen LogP contribution in [0.4, 0.5) is 4.39 Å². The van der Waals surface area contributed by atoms with Crippen LogP contribution in [0.15, 0.2) is 41.2 Å². The summed E-state index contributed by atoms with van der Waals surface area (Å²) < 4.78 is 14.4. The van der Waals surface area contributed by atoms with Crippen molar-refractivity contribution in [1.29, 1.82) is 0 Å². The zero-order valence-corrected chi connectivity index (χ0v) is 9.91. The molecule has 0 bridgehead atoms. The maximum Gasteiger partial charge on any atom is 0.356 e. The van der Waals surface area contributed by atoms with Gasteiger partial charge in [-0.3, -0.25) is 4.79 Å². The van der Waals surface area contributed by atoms with Crippen molar-refractivity contribution in [2.45, 2.75) is 13.0 Å². The molecule has 0 fully saturated rings. The Kier molecular flexibility index (Phi) is 3.70. The topological polar surface area (TPSA) is 72.2 Å². The summed E-state index contributed by atoms with van der Waals surface area (Å²) in [5.41, 5.74) is -0.175. The molecule has 0 aliphatic carbocycles. The van der Waals surface area contributed by atoms with Crippen LogP contribution in [0, 0.1) is 5.82 Å². The van der Waals surface area contributed by atoms with E-state index in [-0.39, 0.29) is 24.5 Å². The van der Waals surface area contributed by atoms with Gasteiger partial charge in [0.1, 0.15) is 5.82 Å². The summed E-state index contributed by atoms with van der Waals surface area (Å²) in [6.07, 6.45) is 0.267. The summed E-state index contributed by atoms with van der Waals surface area (Å²) in [4.78, 5) is 22.3. The van der Waals surface area contributed by atoms with Gasteiger partial charge in [-0.2, -0.15) is 5.10 Å². The molecule has 0 aliphatic rings. The molecule has 0 aliphatic heterocycles. The molecule has 0 saturated heterocycles. The first-order valence-electron chi connectivity index (χ1n) is 5.63. The van der Waals surface area contributed by atoms with E-state index in [1.165, 1.54) is 6.07 Å². The first-order valence-corrected chi connectivity index (χ1v) is 5.63.